The van der Waals surface area contributed by atoms with Crippen molar-refractivity contribution in [2.75, 3.05) is 13.7 Å². The number of rotatable bonds is 4. The van der Waals surface area contributed by atoms with Gasteiger partial charge in [-0.1, -0.05) is 12.1 Å². The minimum atomic E-state index is -1.62. The quantitative estimate of drug-likeness (QED) is 0.374. The van der Waals surface area contributed by atoms with Gasteiger partial charge in [0.2, 0.25) is 5.78 Å². The van der Waals surface area contributed by atoms with E-state index in [1.54, 1.807) is 30.3 Å². The van der Waals surface area contributed by atoms with E-state index in [-0.39, 0.29) is 40.9 Å². The first-order chi connectivity index (χ1) is 16.8. The second-order valence-corrected chi connectivity index (χ2v) is 8.20. The Bertz CT molecular complexity index is 1300. The number of Topliss-reactive ketones (excluding diaryl/α,β-unsaturated/α-hetero) is 1. The van der Waals surface area contributed by atoms with Crippen LogP contribution in [-0.2, 0) is 0 Å². The molecule has 10 nitrogen and oxygen atoms in total. The molecular formula is C25H22O10. The minimum Gasteiger partial charge on any atom is -0.508 e. The number of carbonyl (C=O) groups excluding carboxylic acids is 1. The summed E-state index contributed by atoms with van der Waals surface area (Å²) < 4.78 is 23.0. The van der Waals surface area contributed by atoms with Crippen LogP contribution in [0.5, 0.6) is 40.2 Å². The van der Waals surface area contributed by atoms with Crippen molar-refractivity contribution < 1.29 is 49.3 Å². The van der Waals surface area contributed by atoms with Crippen molar-refractivity contribution in [1.29, 1.82) is 0 Å². The smallest absolute Gasteiger partial charge is 0.202 e. The van der Waals surface area contributed by atoms with Crippen molar-refractivity contribution in [3.63, 3.8) is 0 Å². The fourth-order valence-electron chi connectivity index (χ4n) is 4.28. The van der Waals surface area contributed by atoms with Crippen LogP contribution in [0.1, 0.15) is 33.7 Å². The van der Waals surface area contributed by atoms with Crippen LogP contribution in [0.4, 0.5) is 0 Å². The van der Waals surface area contributed by atoms with Gasteiger partial charge in [-0.25, -0.2) is 0 Å². The summed E-state index contributed by atoms with van der Waals surface area (Å²) in [6.07, 6.45) is -4.28. The fraction of sp³-hybridized carbons (Fsp3) is 0.240. The number of aliphatic hydroxyl groups is 2. The Kier molecular flexibility index (Phi) is 5.54. The molecule has 0 bridgehead atoms. The number of carbonyl (C=O) groups is 1. The first-order valence-corrected chi connectivity index (χ1v) is 10.7. The summed E-state index contributed by atoms with van der Waals surface area (Å²) in [4.78, 5) is 12.7. The molecule has 5 rings (SSSR count). The number of hydrogen-bond donors (Lipinski definition) is 5. The molecule has 5 N–H and O–H groups in total. The van der Waals surface area contributed by atoms with Gasteiger partial charge in [0.15, 0.2) is 47.4 Å². The molecule has 3 aromatic rings. The number of phenolic OH excluding ortho intramolecular Hbond substituents is 3. The summed E-state index contributed by atoms with van der Waals surface area (Å²) in [6.45, 7) is -0.349. The number of phenols is 3. The molecule has 4 atom stereocenters. The third-order valence-electron chi connectivity index (χ3n) is 6.00. The Balaban J connectivity index is 1.49. The number of ketones is 1. The third kappa shape index (κ3) is 3.82. The third-order valence-corrected chi connectivity index (χ3v) is 6.00. The number of benzene rings is 3. The van der Waals surface area contributed by atoms with Gasteiger partial charge in [-0.15, -0.1) is 0 Å². The van der Waals surface area contributed by atoms with Crippen molar-refractivity contribution in [2.45, 2.75) is 24.4 Å². The Morgan fingerprint density at radius 2 is 1.54 bits per heavy atom. The van der Waals surface area contributed by atoms with Gasteiger partial charge >= 0.3 is 0 Å². The van der Waals surface area contributed by atoms with Crippen LogP contribution in [0.25, 0.3) is 0 Å². The van der Waals surface area contributed by atoms with Crippen LogP contribution in [0.2, 0.25) is 0 Å². The normalized spacial score (nSPS) is 22.8. The topological polar surface area (TPSA) is 155 Å². The lowest BCUT2D eigenvalue weighted by atomic mass is 9.92. The Morgan fingerprint density at radius 1 is 0.829 bits per heavy atom. The summed E-state index contributed by atoms with van der Waals surface area (Å²) in [5.41, 5.74) is 0.751. The average Bonchev–Trinajstić information content (AvgIpc) is 2.85. The lowest BCUT2D eigenvalue weighted by molar-refractivity contribution is -0.0130. The number of ether oxygens (including phenoxy) is 4. The van der Waals surface area contributed by atoms with E-state index in [0.29, 0.717) is 16.9 Å². The first-order valence-electron chi connectivity index (χ1n) is 10.7. The molecule has 0 radical (unpaired) electrons. The molecule has 0 fully saturated rings. The van der Waals surface area contributed by atoms with Gasteiger partial charge in [0, 0.05) is 17.7 Å². The van der Waals surface area contributed by atoms with Crippen LogP contribution < -0.4 is 18.9 Å². The molecule has 0 unspecified atom stereocenters. The van der Waals surface area contributed by atoms with Crippen molar-refractivity contribution in [3.05, 3.63) is 65.2 Å². The minimum absolute atomic E-state index is 0.0540. The first kappa shape index (κ1) is 22.6. The number of aromatic hydroxyl groups is 3. The monoisotopic (exact) mass is 482 g/mol. The number of fused-ring (bicyclic) bond motifs is 2. The SMILES string of the molecule is COc1cc([C@H]2Oc3cc([C@H]4Oc5cc(O)cc(O)c5C(=O)[C@H]4O)ccc3O[C@@H]2CO)ccc1O. The maximum atomic E-state index is 12.7. The van der Waals surface area contributed by atoms with Gasteiger partial charge in [0.1, 0.15) is 22.8 Å². The maximum absolute atomic E-state index is 12.7. The van der Waals surface area contributed by atoms with Gasteiger partial charge in [0.25, 0.3) is 0 Å². The molecule has 10 heteroatoms. The lowest BCUT2D eigenvalue weighted by Crippen LogP contribution is -2.37. The summed E-state index contributed by atoms with van der Waals surface area (Å²) in [7, 11) is 1.41. The molecule has 35 heavy (non-hydrogen) atoms. The Labute approximate surface area is 199 Å². The van der Waals surface area contributed by atoms with Crippen molar-refractivity contribution >= 4 is 5.78 Å². The molecule has 2 heterocycles. The highest BCUT2D eigenvalue weighted by molar-refractivity contribution is 6.05. The summed E-state index contributed by atoms with van der Waals surface area (Å²) in [6, 6.07) is 11.5. The zero-order valence-electron chi connectivity index (χ0n) is 18.4. The second kappa shape index (κ2) is 8.57. The van der Waals surface area contributed by atoms with E-state index in [1.165, 1.54) is 19.2 Å². The largest absolute Gasteiger partial charge is 0.508 e. The van der Waals surface area contributed by atoms with E-state index in [1.807, 2.05) is 0 Å². The van der Waals surface area contributed by atoms with Crippen molar-refractivity contribution in [1.82, 2.24) is 0 Å². The molecule has 0 saturated heterocycles. The highest BCUT2D eigenvalue weighted by atomic mass is 16.6. The molecule has 0 amide bonds. The van der Waals surface area contributed by atoms with Gasteiger partial charge in [-0.05, 0) is 29.8 Å². The second-order valence-electron chi connectivity index (χ2n) is 8.20. The fourth-order valence-corrected chi connectivity index (χ4v) is 4.28. The summed E-state index contributed by atoms with van der Waals surface area (Å²) in [5.74, 6) is -0.823. The van der Waals surface area contributed by atoms with Crippen LogP contribution in [0, 0.1) is 0 Å². The zero-order valence-corrected chi connectivity index (χ0v) is 18.4. The van der Waals surface area contributed by atoms with E-state index in [4.69, 9.17) is 18.9 Å². The highest BCUT2D eigenvalue weighted by Gasteiger charge is 2.40. The van der Waals surface area contributed by atoms with Crippen molar-refractivity contribution in [3.8, 4) is 40.2 Å². The molecule has 2 aliphatic rings. The van der Waals surface area contributed by atoms with E-state index >= 15 is 0 Å². The predicted octanol–water partition coefficient (Wildman–Crippen LogP) is 2.36. The number of methoxy groups -OCH3 is 1. The lowest BCUT2D eigenvalue weighted by Gasteiger charge is -2.35. The van der Waals surface area contributed by atoms with Crippen LogP contribution in [0.15, 0.2) is 48.5 Å². The van der Waals surface area contributed by atoms with E-state index in [9.17, 15) is 30.3 Å². The molecule has 0 aliphatic carbocycles. The Morgan fingerprint density at radius 3 is 2.29 bits per heavy atom. The molecule has 0 saturated carbocycles. The number of aliphatic hydroxyl groups excluding tert-OH is 2. The number of hydrogen-bond acceptors (Lipinski definition) is 10. The summed E-state index contributed by atoms with van der Waals surface area (Å²) in [5, 5.41) is 50.2. The van der Waals surface area contributed by atoms with Crippen molar-refractivity contribution in [2.24, 2.45) is 0 Å². The van der Waals surface area contributed by atoms with E-state index < -0.39 is 35.9 Å². The molecule has 3 aromatic carbocycles. The summed E-state index contributed by atoms with van der Waals surface area (Å²) >= 11 is 0. The van der Waals surface area contributed by atoms with Gasteiger partial charge in [-0.2, -0.15) is 0 Å². The highest BCUT2D eigenvalue weighted by Crippen LogP contribution is 2.45. The van der Waals surface area contributed by atoms with Crippen LogP contribution in [-0.4, -0.2) is 57.2 Å². The molecular weight excluding hydrogens is 460 g/mol. The molecule has 0 aromatic heterocycles. The van der Waals surface area contributed by atoms with Crippen LogP contribution >= 0.6 is 0 Å². The molecule has 182 valence electrons. The standard InChI is InChI=1S/C25H22O10/c1-32-17-6-11(2-4-14(17)28)24-20(10-26)33-16-5-3-12(7-18(16)34-24)25-23(31)22(30)21-15(29)8-13(27)9-19(21)35-25/h2-9,20,23-29,31H,10H2,1H3/t20-,23-,24-,25-/m1/s1. The van der Waals surface area contributed by atoms with Crippen LogP contribution in [0.3, 0.4) is 0 Å². The van der Waals surface area contributed by atoms with Gasteiger partial charge in [0.05, 0.1) is 13.7 Å². The zero-order chi connectivity index (χ0) is 24.9. The van der Waals surface area contributed by atoms with Gasteiger partial charge < -0.3 is 44.5 Å². The molecule has 2 aliphatic heterocycles. The van der Waals surface area contributed by atoms with E-state index in [0.717, 1.165) is 6.07 Å². The van der Waals surface area contributed by atoms with Gasteiger partial charge in [-0.3, -0.25) is 4.79 Å². The predicted molar refractivity (Wildman–Crippen MR) is 119 cm³/mol. The molecule has 0 spiro atoms. The average molecular weight is 482 g/mol. The maximum Gasteiger partial charge on any atom is 0.202 e. The Hall–Kier alpha value is -4.15. The van der Waals surface area contributed by atoms with E-state index in [2.05, 4.69) is 0 Å².